The largest absolute Gasteiger partial charge is 0.460 e. The molecular weight excluding hydrogens is 318 g/mol. The van der Waals surface area contributed by atoms with Crippen LogP contribution in [0.15, 0.2) is 52.9 Å². The molecule has 1 fully saturated rings. The second-order valence-corrected chi connectivity index (χ2v) is 8.72. The first kappa shape index (κ1) is 17.2. The van der Waals surface area contributed by atoms with E-state index in [1.165, 1.54) is 22.2 Å². The van der Waals surface area contributed by atoms with E-state index in [0.717, 1.165) is 30.7 Å². The van der Waals surface area contributed by atoms with Crippen molar-refractivity contribution in [2.24, 2.45) is 0 Å². The Kier molecular flexibility index (Phi) is 3.91. The summed E-state index contributed by atoms with van der Waals surface area (Å²) in [7, 11) is 0. The van der Waals surface area contributed by atoms with Gasteiger partial charge in [0.2, 0.25) is 0 Å². The molecule has 1 aliphatic rings. The molecule has 1 aliphatic heterocycles. The zero-order chi connectivity index (χ0) is 18.5. The number of benzene rings is 2. The number of para-hydroxylation sites is 2. The van der Waals surface area contributed by atoms with Crippen LogP contribution in [-0.2, 0) is 11.8 Å². The third-order valence-electron chi connectivity index (χ3n) is 6.05. The normalized spacial score (nSPS) is 22.3. The third-order valence-corrected chi connectivity index (χ3v) is 6.05. The molecule has 0 aliphatic carbocycles. The fourth-order valence-electron chi connectivity index (χ4n) is 4.89. The zero-order valence-corrected chi connectivity index (χ0v) is 16.6. The third kappa shape index (κ3) is 2.63. The first-order valence-corrected chi connectivity index (χ1v) is 9.69. The minimum absolute atomic E-state index is 0.00973. The standard InChI is InChI=1S/C24H29NO/c1-6-18-12-9-10-17(2)22(18)25-16-24(5,15-23(25,3)4)21-14-19-11-7-8-13-20(19)26-21/h7-14H,6,15-16H2,1-5H3. The van der Waals surface area contributed by atoms with Crippen LogP contribution in [-0.4, -0.2) is 12.1 Å². The number of fused-ring (bicyclic) bond motifs is 1. The predicted molar refractivity (Wildman–Crippen MR) is 110 cm³/mol. The molecule has 2 aromatic carbocycles. The van der Waals surface area contributed by atoms with Crippen molar-refractivity contribution in [2.45, 2.75) is 58.4 Å². The van der Waals surface area contributed by atoms with Crippen molar-refractivity contribution in [3.05, 3.63) is 65.4 Å². The smallest absolute Gasteiger partial charge is 0.134 e. The highest BCUT2D eigenvalue weighted by Gasteiger charge is 2.49. The number of furan rings is 1. The average Bonchev–Trinajstić information content (AvgIpc) is 3.14. The number of hydrogen-bond donors (Lipinski definition) is 0. The number of aryl methyl sites for hydroxylation is 2. The molecule has 2 nitrogen and oxygen atoms in total. The second kappa shape index (κ2) is 5.90. The lowest BCUT2D eigenvalue weighted by atomic mass is 9.81. The molecule has 0 spiro atoms. The van der Waals surface area contributed by atoms with Crippen LogP contribution in [0.2, 0.25) is 0 Å². The Morgan fingerprint density at radius 2 is 1.81 bits per heavy atom. The Hall–Kier alpha value is -2.22. The van der Waals surface area contributed by atoms with E-state index < -0.39 is 0 Å². The van der Waals surface area contributed by atoms with E-state index in [4.69, 9.17) is 4.42 Å². The lowest BCUT2D eigenvalue weighted by Gasteiger charge is -2.36. The van der Waals surface area contributed by atoms with Crippen LogP contribution >= 0.6 is 0 Å². The summed E-state index contributed by atoms with van der Waals surface area (Å²) in [6.45, 7) is 12.6. The van der Waals surface area contributed by atoms with Crippen molar-refractivity contribution in [1.29, 1.82) is 0 Å². The summed E-state index contributed by atoms with van der Waals surface area (Å²) in [6, 6.07) is 17.3. The first-order chi connectivity index (χ1) is 12.3. The van der Waals surface area contributed by atoms with Gasteiger partial charge in [-0.25, -0.2) is 0 Å². The Labute approximate surface area is 156 Å². The fourth-order valence-corrected chi connectivity index (χ4v) is 4.89. The summed E-state index contributed by atoms with van der Waals surface area (Å²) >= 11 is 0. The number of rotatable bonds is 3. The lowest BCUT2D eigenvalue weighted by molar-refractivity contribution is 0.373. The molecule has 0 N–H and O–H groups in total. The molecule has 26 heavy (non-hydrogen) atoms. The van der Waals surface area contributed by atoms with E-state index in [9.17, 15) is 0 Å². The highest BCUT2D eigenvalue weighted by Crippen LogP contribution is 2.48. The number of nitrogens with zero attached hydrogens (tertiary/aromatic N) is 1. The van der Waals surface area contributed by atoms with Gasteiger partial charge in [0.05, 0.1) is 0 Å². The molecule has 2 heteroatoms. The van der Waals surface area contributed by atoms with Gasteiger partial charge in [0, 0.05) is 28.6 Å². The van der Waals surface area contributed by atoms with E-state index in [2.05, 4.69) is 82.0 Å². The highest BCUT2D eigenvalue weighted by molar-refractivity contribution is 5.78. The van der Waals surface area contributed by atoms with Crippen LogP contribution in [0, 0.1) is 6.92 Å². The van der Waals surface area contributed by atoms with E-state index >= 15 is 0 Å². The van der Waals surface area contributed by atoms with Gasteiger partial charge in [-0.05, 0) is 56.9 Å². The van der Waals surface area contributed by atoms with Gasteiger partial charge in [0.15, 0.2) is 0 Å². The molecule has 0 amide bonds. The topological polar surface area (TPSA) is 16.4 Å². The molecule has 2 heterocycles. The molecule has 1 saturated heterocycles. The number of anilines is 1. The average molecular weight is 348 g/mol. The molecule has 136 valence electrons. The van der Waals surface area contributed by atoms with Crippen molar-refractivity contribution in [3.8, 4) is 0 Å². The monoisotopic (exact) mass is 347 g/mol. The van der Waals surface area contributed by atoms with Crippen molar-refractivity contribution >= 4 is 16.7 Å². The van der Waals surface area contributed by atoms with Gasteiger partial charge in [-0.3, -0.25) is 0 Å². The van der Waals surface area contributed by atoms with Crippen LogP contribution in [0.1, 0.15) is 51.0 Å². The second-order valence-electron chi connectivity index (χ2n) is 8.72. The summed E-state index contributed by atoms with van der Waals surface area (Å²) < 4.78 is 6.29. The van der Waals surface area contributed by atoms with E-state index in [0.29, 0.717) is 0 Å². The predicted octanol–water partition coefficient (Wildman–Crippen LogP) is 6.25. The van der Waals surface area contributed by atoms with E-state index in [-0.39, 0.29) is 11.0 Å². The Morgan fingerprint density at radius 3 is 2.54 bits per heavy atom. The van der Waals surface area contributed by atoms with E-state index in [1.807, 2.05) is 6.07 Å². The Balaban J connectivity index is 1.78. The van der Waals surface area contributed by atoms with Crippen LogP contribution in [0.4, 0.5) is 5.69 Å². The quantitative estimate of drug-likeness (QED) is 0.557. The minimum atomic E-state index is 0.00973. The zero-order valence-electron chi connectivity index (χ0n) is 16.6. The van der Waals surface area contributed by atoms with Gasteiger partial charge in [0.1, 0.15) is 11.3 Å². The molecule has 0 saturated carbocycles. The van der Waals surface area contributed by atoms with Gasteiger partial charge in [-0.15, -0.1) is 0 Å². The SMILES string of the molecule is CCc1cccc(C)c1N1CC(C)(c2cc3ccccc3o2)CC1(C)C. The van der Waals surface area contributed by atoms with Crippen LogP contribution in [0.3, 0.4) is 0 Å². The molecule has 1 atom stereocenters. The lowest BCUT2D eigenvalue weighted by Crippen LogP contribution is -2.39. The van der Waals surface area contributed by atoms with Crippen LogP contribution in [0.5, 0.6) is 0 Å². The summed E-state index contributed by atoms with van der Waals surface area (Å²) in [4.78, 5) is 2.62. The van der Waals surface area contributed by atoms with Gasteiger partial charge in [-0.1, -0.05) is 50.2 Å². The molecule has 0 radical (unpaired) electrons. The van der Waals surface area contributed by atoms with Crippen molar-refractivity contribution < 1.29 is 4.42 Å². The highest BCUT2D eigenvalue weighted by atomic mass is 16.3. The number of hydrogen-bond acceptors (Lipinski definition) is 2. The summed E-state index contributed by atoms with van der Waals surface area (Å²) in [5, 5.41) is 1.20. The van der Waals surface area contributed by atoms with Gasteiger partial charge in [-0.2, -0.15) is 0 Å². The van der Waals surface area contributed by atoms with Gasteiger partial charge < -0.3 is 9.32 Å². The minimum Gasteiger partial charge on any atom is -0.460 e. The van der Waals surface area contributed by atoms with Crippen LogP contribution < -0.4 is 4.90 Å². The first-order valence-electron chi connectivity index (χ1n) is 9.69. The maximum absolute atomic E-state index is 6.29. The summed E-state index contributed by atoms with van der Waals surface area (Å²) in [6.07, 6.45) is 2.14. The summed E-state index contributed by atoms with van der Waals surface area (Å²) in [5.74, 6) is 1.11. The molecular formula is C24H29NO. The maximum atomic E-state index is 6.29. The summed E-state index contributed by atoms with van der Waals surface area (Å²) in [5.41, 5.74) is 5.31. The molecule has 1 aromatic heterocycles. The fraction of sp³-hybridized carbons (Fsp3) is 0.417. The maximum Gasteiger partial charge on any atom is 0.134 e. The molecule has 3 aromatic rings. The van der Waals surface area contributed by atoms with Gasteiger partial charge in [0.25, 0.3) is 0 Å². The Bertz CT molecular complexity index is 919. The van der Waals surface area contributed by atoms with Crippen molar-refractivity contribution in [1.82, 2.24) is 0 Å². The molecule has 1 unspecified atom stereocenters. The van der Waals surface area contributed by atoms with Crippen molar-refractivity contribution in [3.63, 3.8) is 0 Å². The van der Waals surface area contributed by atoms with Gasteiger partial charge >= 0.3 is 0 Å². The van der Waals surface area contributed by atoms with Crippen LogP contribution in [0.25, 0.3) is 11.0 Å². The Morgan fingerprint density at radius 1 is 1.04 bits per heavy atom. The van der Waals surface area contributed by atoms with Crippen molar-refractivity contribution in [2.75, 3.05) is 11.4 Å². The molecule has 4 rings (SSSR count). The molecule has 0 bridgehead atoms. The van der Waals surface area contributed by atoms with E-state index in [1.54, 1.807) is 0 Å².